The van der Waals surface area contributed by atoms with E-state index in [1.54, 1.807) is 31.2 Å². The molecule has 0 radical (unpaired) electrons. The molecule has 1 aromatic rings. The molecule has 1 aromatic carbocycles. The molecule has 0 saturated carbocycles. The minimum atomic E-state index is -0.880. The third-order valence-electron chi connectivity index (χ3n) is 2.48. The van der Waals surface area contributed by atoms with Gasteiger partial charge in [-0.25, -0.2) is 0 Å². The fourth-order valence-corrected chi connectivity index (χ4v) is 1.29. The minimum absolute atomic E-state index is 0.130. The predicted octanol–water partition coefficient (Wildman–Crippen LogP) is 0.450. The van der Waals surface area contributed by atoms with Crippen LogP contribution in [0.25, 0.3) is 0 Å². The molecule has 104 valence electrons. The van der Waals surface area contributed by atoms with Gasteiger partial charge in [0, 0.05) is 12.1 Å². The van der Waals surface area contributed by atoms with E-state index in [4.69, 9.17) is 21.3 Å². The molecule has 6 heteroatoms. The number of ether oxygens (including phenoxy) is 1. The highest BCUT2D eigenvalue weighted by Crippen LogP contribution is 2.13. The number of amidine groups is 1. The molecule has 0 aromatic heterocycles. The molecule has 19 heavy (non-hydrogen) atoms. The summed E-state index contributed by atoms with van der Waals surface area (Å²) < 4.78 is 5.36. The lowest BCUT2D eigenvalue weighted by Gasteiger charge is -2.09. The first-order valence-electron chi connectivity index (χ1n) is 6.00. The van der Waals surface area contributed by atoms with E-state index in [9.17, 15) is 4.79 Å². The van der Waals surface area contributed by atoms with Gasteiger partial charge in [0.05, 0.1) is 12.5 Å². The molecule has 0 saturated heterocycles. The summed E-state index contributed by atoms with van der Waals surface area (Å²) in [5.41, 5.74) is 11.9. The maximum atomic E-state index is 10.6. The van der Waals surface area contributed by atoms with E-state index in [2.05, 4.69) is 4.99 Å². The van der Waals surface area contributed by atoms with Crippen LogP contribution in [0.4, 0.5) is 0 Å². The zero-order valence-corrected chi connectivity index (χ0v) is 10.9. The number of carboxylic acids is 1. The summed E-state index contributed by atoms with van der Waals surface area (Å²) in [4.78, 5) is 14.7. The van der Waals surface area contributed by atoms with Crippen LogP contribution < -0.4 is 16.2 Å². The molecule has 0 fully saturated rings. The average molecular weight is 265 g/mol. The zero-order valence-electron chi connectivity index (χ0n) is 10.9. The van der Waals surface area contributed by atoms with Gasteiger partial charge in [-0.2, -0.15) is 0 Å². The van der Waals surface area contributed by atoms with Gasteiger partial charge < -0.3 is 21.3 Å². The Morgan fingerprint density at radius 3 is 2.58 bits per heavy atom. The van der Waals surface area contributed by atoms with Crippen molar-refractivity contribution in [1.82, 2.24) is 0 Å². The van der Waals surface area contributed by atoms with Crippen molar-refractivity contribution in [2.24, 2.45) is 22.4 Å². The van der Waals surface area contributed by atoms with Crippen molar-refractivity contribution in [3.8, 4) is 5.75 Å². The molecule has 0 aliphatic carbocycles. The number of carboxylic acid groups (broad SMARTS) is 1. The topological polar surface area (TPSA) is 111 Å². The monoisotopic (exact) mass is 265 g/mol. The molecular formula is C13H19N3O3. The van der Waals surface area contributed by atoms with Crippen molar-refractivity contribution < 1.29 is 14.6 Å². The average Bonchev–Trinajstić information content (AvgIpc) is 2.42. The Morgan fingerprint density at radius 2 is 2.05 bits per heavy atom. The Hall–Kier alpha value is -2.08. The number of nitrogens with zero attached hydrogens (tertiary/aromatic N) is 1. The predicted molar refractivity (Wildman–Crippen MR) is 73.4 cm³/mol. The molecule has 0 bridgehead atoms. The van der Waals surface area contributed by atoms with Crippen LogP contribution in [0.2, 0.25) is 0 Å². The van der Waals surface area contributed by atoms with E-state index < -0.39 is 11.9 Å². The van der Waals surface area contributed by atoms with Gasteiger partial charge in [0.15, 0.2) is 0 Å². The van der Waals surface area contributed by atoms with Crippen molar-refractivity contribution in [1.29, 1.82) is 0 Å². The van der Waals surface area contributed by atoms with Crippen LogP contribution in [-0.2, 0) is 4.79 Å². The standard InChI is InChI=1S/C13H19N3O3/c1-9(13(17)18)8-19-11-4-2-10(3-5-11)12(15)16-7-6-14/h2-5,9H,6-8,14H2,1H3,(H2,15,16)(H,17,18). The number of aliphatic imine (C=N–C) groups is 1. The molecule has 6 nitrogen and oxygen atoms in total. The lowest BCUT2D eigenvalue weighted by Crippen LogP contribution is -2.18. The number of hydrogen-bond donors (Lipinski definition) is 3. The van der Waals surface area contributed by atoms with Crippen LogP contribution in [-0.4, -0.2) is 36.6 Å². The van der Waals surface area contributed by atoms with E-state index in [1.807, 2.05) is 0 Å². The second-order valence-corrected chi connectivity index (χ2v) is 4.13. The molecule has 0 aliphatic rings. The Morgan fingerprint density at radius 1 is 1.42 bits per heavy atom. The third-order valence-corrected chi connectivity index (χ3v) is 2.48. The van der Waals surface area contributed by atoms with Crippen LogP contribution >= 0.6 is 0 Å². The second-order valence-electron chi connectivity index (χ2n) is 4.13. The highest BCUT2D eigenvalue weighted by atomic mass is 16.5. The van der Waals surface area contributed by atoms with Gasteiger partial charge in [0.1, 0.15) is 18.2 Å². The van der Waals surface area contributed by atoms with Crippen LogP contribution in [0, 0.1) is 5.92 Å². The number of carbonyl (C=O) groups is 1. The van der Waals surface area contributed by atoms with Crippen molar-refractivity contribution >= 4 is 11.8 Å². The lowest BCUT2D eigenvalue weighted by molar-refractivity contribution is -0.142. The first kappa shape index (κ1) is 15.0. The summed E-state index contributed by atoms with van der Waals surface area (Å²) in [6, 6.07) is 7.01. The minimum Gasteiger partial charge on any atom is -0.493 e. The van der Waals surface area contributed by atoms with Gasteiger partial charge in [-0.3, -0.25) is 9.79 Å². The molecule has 1 rings (SSSR count). The van der Waals surface area contributed by atoms with Crippen LogP contribution in [0.15, 0.2) is 29.3 Å². The number of nitrogens with two attached hydrogens (primary N) is 2. The molecule has 1 unspecified atom stereocenters. The molecule has 0 aliphatic heterocycles. The first-order valence-corrected chi connectivity index (χ1v) is 6.00. The van der Waals surface area contributed by atoms with E-state index in [1.165, 1.54) is 0 Å². The quantitative estimate of drug-likeness (QED) is 0.489. The van der Waals surface area contributed by atoms with Crippen molar-refractivity contribution in [3.05, 3.63) is 29.8 Å². The van der Waals surface area contributed by atoms with Crippen LogP contribution in [0.5, 0.6) is 5.75 Å². The maximum Gasteiger partial charge on any atom is 0.309 e. The SMILES string of the molecule is CC(COc1ccc(C(N)=NCCN)cc1)C(=O)O. The van der Waals surface area contributed by atoms with Gasteiger partial charge in [-0.1, -0.05) is 0 Å². The van der Waals surface area contributed by atoms with E-state index in [0.29, 0.717) is 24.7 Å². The maximum absolute atomic E-state index is 10.6. The number of benzene rings is 1. The smallest absolute Gasteiger partial charge is 0.309 e. The van der Waals surface area contributed by atoms with Gasteiger partial charge >= 0.3 is 5.97 Å². The fourth-order valence-electron chi connectivity index (χ4n) is 1.29. The Bertz CT molecular complexity index is 443. The largest absolute Gasteiger partial charge is 0.493 e. The van der Waals surface area contributed by atoms with E-state index in [-0.39, 0.29) is 6.61 Å². The summed E-state index contributed by atoms with van der Waals surface area (Å²) in [5.74, 6) is -0.398. The van der Waals surface area contributed by atoms with Crippen molar-refractivity contribution in [3.63, 3.8) is 0 Å². The molecular weight excluding hydrogens is 246 g/mol. The summed E-state index contributed by atoms with van der Waals surface area (Å²) >= 11 is 0. The Labute approximate surface area is 112 Å². The van der Waals surface area contributed by atoms with Gasteiger partial charge in [-0.05, 0) is 31.2 Å². The number of hydrogen-bond acceptors (Lipinski definition) is 4. The fraction of sp³-hybridized carbons (Fsp3) is 0.385. The normalized spacial score (nSPS) is 13.1. The lowest BCUT2D eigenvalue weighted by atomic mass is 10.2. The van der Waals surface area contributed by atoms with E-state index >= 15 is 0 Å². The van der Waals surface area contributed by atoms with Gasteiger partial charge in [-0.15, -0.1) is 0 Å². The van der Waals surface area contributed by atoms with Crippen LogP contribution in [0.1, 0.15) is 12.5 Å². The highest BCUT2D eigenvalue weighted by Gasteiger charge is 2.11. The summed E-state index contributed by atoms with van der Waals surface area (Å²) in [5, 5.41) is 8.74. The Kier molecular flexibility index (Phi) is 5.81. The number of rotatable bonds is 7. The molecule has 1 atom stereocenters. The second kappa shape index (κ2) is 7.38. The molecule has 0 heterocycles. The number of aliphatic carboxylic acids is 1. The van der Waals surface area contributed by atoms with Gasteiger partial charge in [0.2, 0.25) is 0 Å². The summed E-state index contributed by atoms with van der Waals surface area (Å²) in [6.07, 6.45) is 0. The highest BCUT2D eigenvalue weighted by molar-refractivity contribution is 5.97. The van der Waals surface area contributed by atoms with Gasteiger partial charge in [0.25, 0.3) is 0 Å². The Balaban J connectivity index is 2.59. The summed E-state index contributed by atoms with van der Waals surface area (Å²) in [7, 11) is 0. The molecule has 5 N–H and O–H groups in total. The molecule has 0 spiro atoms. The zero-order chi connectivity index (χ0) is 14.3. The van der Waals surface area contributed by atoms with E-state index in [0.717, 1.165) is 5.56 Å². The van der Waals surface area contributed by atoms with Crippen molar-refractivity contribution in [2.45, 2.75) is 6.92 Å². The van der Waals surface area contributed by atoms with Crippen LogP contribution in [0.3, 0.4) is 0 Å². The van der Waals surface area contributed by atoms with Crippen molar-refractivity contribution in [2.75, 3.05) is 19.7 Å². The summed E-state index contributed by atoms with van der Waals surface area (Å²) in [6.45, 7) is 2.66. The molecule has 0 amide bonds. The third kappa shape index (κ3) is 4.97. The first-order chi connectivity index (χ1) is 9.04.